The Bertz CT molecular complexity index is 717. The third kappa shape index (κ3) is 5.25. The van der Waals surface area contributed by atoms with E-state index in [9.17, 15) is 13.2 Å². The summed E-state index contributed by atoms with van der Waals surface area (Å²) in [6.07, 6.45) is -4.80. The zero-order chi connectivity index (χ0) is 17.9. The van der Waals surface area contributed by atoms with Crippen LogP contribution in [0.4, 0.5) is 13.2 Å². The molecule has 0 amide bonds. The van der Waals surface area contributed by atoms with E-state index in [2.05, 4.69) is 10.2 Å². The number of methoxy groups -OCH3 is 1. The van der Waals surface area contributed by atoms with Crippen molar-refractivity contribution in [2.24, 2.45) is 0 Å². The number of fused-ring (bicyclic) bond motifs is 1. The van der Waals surface area contributed by atoms with Crippen LogP contribution in [-0.2, 0) is 0 Å². The Balaban J connectivity index is 0.00000243. The van der Waals surface area contributed by atoms with Crippen LogP contribution in [0.5, 0.6) is 5.75 Å². The van der Waals surface area contributed by atoms with Crippen molar-refractivity contribution in [3.05, 3.63) is 42.0 Å². The van der Waals surface area contributed by atoms with E-state index in [1.807, 2.05) is 36.4 Å². The molecule has 0 aliphatic carbocycles. The molecule has 1 N–H and O–H groups in total. The molecule has 1 aliphatic heterocycles. The highest BCUT2D eigenvalue weighted by Crippen LogP contribution is 2.33. The topological polar surface area (TPSA) is 24.5 Å². The second-order valence-corrected chi connectivity index (χ2v) is 6.43. The first kappa shape index (κ1) is 20.8. The van der Waals surface area contributed by atoms with Gasteiger partial charge in [0.15, 0.2) is 0 Å². The highest BCUT2D eigenvalue weighted by molar-refractivity contribution is 5.85. The van der Waals surface area contributed by atoms with E-state index in [-0.39, 0.29) is 24.9 Å². The fraction of sp³-hybridized carbons (Fsp3) is 0.474. The number of hydrogen-bond donors (Lipinski definition) is 1. The summed E-state index contributed by atoms with van der Waals surface area (Å²) in [6, 6.07) is 11.5. The molecule has 1 heterocycles. The highest BCUT2D eigenvalue weighted by Gasteiger charge is 2.31. The summed E-state index contributed by atoms with van der Waals surface area (Å²) in [4.78, 5) is 2.16. The largest absolute Gasteiger partial charge is 0.497 e. The molecular formula is C19H24ClF3N2O. The standard InChI is InChI=1S/C19H23F3N2O.ClH/c1-25-17-5-4-14-12-16(3-2-15(14)13-17)18(6-7-19(20,21)22)24-10-8-23-9-11-24;/h2-5,12-13,18,23H,6-11H2,1H3;1H/t18-;/m0./s1. The molecule has 0 radical (unpaired) electrons. The van der Waals surface area contributed by atoms with Crippen LogP contribution in [0.1, 0.15) is 24.4 Å². The van der Waals surface area contributed by atoms with Gasteiger partial charge >= 0.3 is 6.18 Å². The van der Waals surface area contributed by atoms with Crippen LogP contribution in [0, 0.1) is 0 Å². The minimum absolute atomic E-state index is 0. The van der Waals surface area contributed by atoms with Crippen LogP contribution in [0.3, 0.4) is 0 Å². The third-order valence-electron chi connectivity index (χ3n) is 4.75. The van der Waals surface area contributed by atoms with Crippen molar-refractivity contribution in [3.8, 4) is 5.75 Å². The quantitative estimate of drug-likeness (QED) is 0.812. The third-order valence-corrected chi connectivity index (χ3v) is 4.75. The van der Waals surface area contributed by atoms with Crippen molar-refractivity contribution < 1.29 is 17.9 Å². The summed E-state index contributed by atoms with van der Waals surface area (Å²) < 4.78 is 43.6. The first-order chi connectivity index (χ1) is 12.0. The van der Waals surface area contributed by atoms with Gasteiger partial charge in [0.05, 0.1) is 7.11 Å². The normalized spacial score (nSPS) is 16.9. The number of piperazine rings is 1. The molecule has 1 atom stereocenters. The van der Waals surface area contributed by atoms with Gasteiger partial charge in [0, 0.05) is 38.6 Å². The molecule has 0 spiro atoms. The van der Waals surface area contributed by atoms with Gasteiger partial charge in [-0.25, -0.2) is 0 Å². The van der Waals surface area contributed by atoms with Gasteiger partial charge in [0.25, 0.3) is 0 Å². The lowest BCUT2D eigenvalue weighted by Gasteiger charge is -2.35. The van der Waals surface area contributed by atoms with Gasteiger partial charge in [-0.1, -0.05) is 18.2 Å². The van der Waals surface area contributed by atoms with Gasteiger partial charge in [-0.15, -0.1) is 12.4 Å². The van der Waals surface area contributed by atoms with Crippen LogP contribution >= 0.6 is 12.4 Å². The maximum Gasteiger partial charge on any atom is 0.389 e. The fourth-order valence-corrected chi connectivity index (χ4v) is 3.43. The van der Waals surface area contributed by atoms with Gasteiger partial charge in [0.1, 0.15) is 5.75 Å². The molecule has 1 saturated heterocycles. The predicted octanol–water partition coefficient (Wildman–Crippen LogP) is 4.56. The zero-order valence-corrected chi connectivity index (χ0v) is 15.5. The van der Waals surface area contributed by atoms with Gasteiger partial charge in [-0.05, 0) is 41.0 Å². The second-order valence-electron chi connectivity index (χ2n) is 6.43. The van der Waals surface area contributed by atoms with E-state index in [4.69, 9.17) is 4.74 Å². The Kier molecular flexibility index (Phi) is 7.15. The second kappa shape index (κ2) is 8.93. The minimum Gasteiger partial charge on any atom is -0.497 e. The fourth-order valence-electron chi connectivity index (χ4n) is 3.43. The molecule has 1 fully saturated rings. The molecule has 7 heteroatoms. The van der Waals surface area contributed by atoms with Crippen LogP contribution in [0.25, 0.3) is 10.8 Å². The Hall–Kier alpha value is -1.50. The van der Waals surface area contributed by atoms with Gasteiger partial charge < -0.3 is 10.1 Å². The predicted molar refractivity (Wildman–Crippen MR) is 100 cm³/mol. The molecule has 1 aliphatic rings. The number of hydrogen-bond acceptors (Lipinski definition) is 3. The lowest BCUT2D eigenvalue weighted by Crippen LogP contribution is -2.45. The molecule has 0 bridgehead atoms. The van der Waals surface area contributed by atoms with Crippen molar-refractivity contribution in [1.29, 1.82) is 0 Å². The minimum atomic E-state index is -4.13. The SMILES string of the molecule is COc1ccc2cc([C@H](CCC(F)(F)F)N3CCNCC3)ccc2c1.Cl. The summed E-state index contributed by atoms with van der Waals surface area (Å²) in [5, 5.41) is 5.30. The molecule has 0 aromatic heterocycles. The maximum atomic E-state index is 12.8. The Morgan fingerprint density at radius 2 is 1.73 bits per heavy atom. The lowest BCUT2D eigenvalue weighted by atomic mass is 9.96. The number of nitrogens with one attached hydrogen (secondary N) is 1. The van der Waals surface area contributed by atoms with Gasteiger partial charge in [-0.3, -0.25) is 4.90 Å². The first-order valence-corrected chi connectivity index (χ1v) is 8.55. The molecule has 3 rings (SSSR count). The molecule has 0 saturated carbocycles. The van der Waals surface area contributed by atoms with Crippen molar-refractivity contribution in [1.82, 2.24) is 10.2 Å². The number of nitrogens with zero attached hydrogens (tertiary/aromatic N) is 1. The monoisotopic (exact) mass is 388 g/mol. The molecule has 2 aromatic rings. The van der Waals surface area contributed by atoms with E-state index in [1.54, 1.807) is 7.11 Å². The number of halogens is 4. The molecule has 3 nitrogen and oxygen atoms in total. The van der Waals surface area contributed by atoms with Crippen LogP contribution in [-0.4, -0.2) is 44.4 Å². The highest BCUT2D eigenvalue weighted by atomic mass is 35.5. The van der Waals surface area contributed by atoms with E-state index in [0.29, 0.717) is 0 Å². The summed E-state index contributed by atoms with van der Waals surface area (Å²) in [5.41, 5.74) is 0.948. The zero-order valence-electron chi connectivity index (χ0n) is 14.7. The summed E-state index contributed by atoms with van der Waals surface area (Å²) in [5.74, 6) is 0.774. The van der Waals surface area contributed by atoms with E-state index < -0.39 is 12.6 Å². The molecule has 26 heavy (non-hydrogen) atoms. The average molecular weight is 389 g/mol. The van der Waals surface area contributed by atoms with Crippen LogP contribution < -0.4 is 10.1 Å². The number of ether oxygens (including phenoxy) is 1. The molecule has 0 unspecified atom stereocenters. The summed E-state index contributed by atoms with van der Waals surface area (Å²) in [6.45, 7) is 3.16. The maximum absolute atomic E-state index is 12.8. The van der Waals surface area contributed by atoms with E-state index in [1.165, 1.54) is 0 Å². The van der Waals surface area contributed by atoms with E-state index >= 15 is 0 Å². The van der Waals surface area contributed by atoms with Crippen molar-refractivity contribution in [2.75, 3.05) is 33.3 Å². The summed E-state index contributed by atoms with van der Waals surface area (Å²) >= 11 is 0. The number of benzene rings is 2. The van der Waals surface area contributed by atoms with Gasteiger partial charge in [0.2, 0.25) is 0 Å². The molecule has 2 aromatic carbocycles. The summed E-state index contributed by atoms with van der Waals surface area (Å²) in [7, 11) is 1.62. The molecule has 144 valence electrons. The van der Waals surface area contributed by atoms with Gasteiger partial charge in [-0.2, -0.15) is 13.2 Å². The van der Waals surface area contributed by atoms with Crippen molar-refractivity contribution in [2.45, 2.75) is 25.1 Å². The van der Waals surface area contributed by atoms with Crippen LogP contribution in [0.2, 0.25) is 0 Å². The van der Waals surface area contributed by atoms with E-state index in [0.717, 1.165) is 48.3 Å². The number of alkyl halides is 3. The van der Waals surface area contributed by atoms with Crippen molar-refractivity contribution in [3.63, 3.8) is 0 Å². The number of rotatable bonds is 5. The van der Waals surface area contributed by atoms with Crippen molar-refractivity contribution >= 4 is 23.2 Å². The first-order valence-electron chi connectivity index (χ1n) is 8.55. The lowest BCUT2D eigenvalue weighted by molar-refractivity contribution is -0.138. The Labute approximate surface area is 157 Å². The smallest absolute Gasteiger partial charge is 0.389 e. The average Bonchev–Trinajstić information content (AvgIpc) is 2.61. The Morgan fingerprint density at radius 1 is 1.08 bits per heavy atom. The Morgan fingerprint density at radius 3 is 2.38 bits per heavy atom. The van der Waals surface area contributed by atoms with Crippen LogP contribution in [0.15, 0.2) is 36.4 Å². The molecular weight excluding hydrogens is 365 g/mol.